The third kappa shape index (κ3) is 9.07. The number of benzene rings is 1. The van der Waals surface area contributed by atoms with Crippen LogP contribution in [0.2, 0.25) is 0 Å². The molecular formula is C16H21F3N4O5. The van der Waals surface area contributed by atoms with E-state index >= 15 is 0 Å². The van der Waals surface area contributed by atoms with Crippen LogP contribution in [-0.4, -0.2) is 54.9 Å². The maximum absolute atomic E-state index is 12.2. The zero-order valence-electron chi connectivity index (χ0n) is 14.9. The van der Waals surface area contributed by atoms with E-state index < -0.39 is 29.9 Å². The Morgan fingerprint density at radius 1 is 1.36 bits per heavy atom. The average Bonchev–Trinajstić information content (AvgIpc) is 3.05. The van der Waals surface area contributed by atoms with Crippen molar-refractivity contribution in [2.75, 3.05) is 25.4 Å². The molecule has 0 aliphatic carbocycles. The maximum atomic E-state index is 12.2. The lowest BCUT2D eigenvalue weighted by atomic mass is 10.1. The minimum absolute atomic E-state index is 0.00276. The number of anilines is 1. The Balaban J connectivity index is 0.000000892. The Morgan fingerprint density at radius 2 is 2.00 bits per heavy atom. The van der Waals surface area contributed by atoms with Gasteiger partial charge in [-0.05, 0) is 31.2 Å². The second kappa shape index (κ2) is 10.3. The quantitative estimate of drug-likeness (QED) is 0.447. The van der Waals surface area contributed by atoms with Gasteiger partial charge in [-0.1, -0.05) is 0 Å². The van der Waals surface area contributed by atoms with Crippen LogP contribution in [-0.2, 0) is 9.59 Å². The van der Waals surface area contributed by atoms with Gasteiger partial charge in [-0.3, -0.25) is 14.4 Å². The van der Waals surface area contributed by atoms with E-state index in [-0.39, 0.29) is 23.8 Å². The van der Waals surface area contributed by atoms with Gasteiger partial charge in [-0.25, -0.2) is 0 Å². The van der Waals surface area contributed by atoms with E-state index in [2.05, 4.69) is 20.7 Å². The molecule has 0 bridgehead atoms. The molecule has 1 aromatic rings. The summed E-state index contributed by atoms with van der Waals surface area (Å²) in [6.45, 7) is 2.24. The zero-order chi connectivity index (χ0) is 21.3. The van der Waals surface area contributed by atoms with Crippen LogP contribution in [0.5, 0.6) is 5.75 Å². The fourth-order valence-electron chi connectivity index (χ4n) is 2.24. The summed E-state index contributed by atoms with van der Waals surface area (Å²) in [7, 11) is 0. The molecule has 0 saturated carbocycles. The monoisotopic (exact) mass is 406 g/mol. The van der Waals surface area contributed by atoms with E-state index in [0.717, 1.165) is 38.1 Å². The van der Waals surface area contributed by atoms with E-state index in [4.69, 9.17) is 15.6 Å². The van der Waals surface area contributed by atoms with Gasteiger partial charge in [0.25, 0.3) is 11.9 Å². The summed E-state index contributed by atoms with van der Waals surface area (Å²) < 4.78 is 40.4. The van der Waals surface area contributed by atoms with Crippen molar-refractivity contribution in [2.45, 2.75) is 25.7 Å². The SMILES string of the molecule is CC(=O)O.Nc1ccc(OC(F)(F)F)cc1C(=O)NCC(=O)NC1CCNC1. The van der Waals surface area contributed by atoms with Gasteiger partial charge in [-0.2, -0.15) is 0 Å². The van der Waals surface area contributed by atoms with Gasteiger partial charge in [0.05, 0.1) is 12.1 Å². The number of halogens is 3. The van der Waals surface area contributed by atoms with Crippen molar-refractivity contribution >= 4 is 23.5 Å². The number of carbonyl (C=O) groups excluding carboxylic acids is 2. The lowest BCUT2D eigenvalue weighted by Crippen LogP contribution is -2.42. The number of amides is 2. The molecule has 1 heterocycles. The van der Waals surface area contributed by atoms with Crippen LogP contribution in [0.3, 0.4) is 0 Å². The number of nitrogens with one attached hydrogen (secondary N) is 3. The first-order valence-electron chi connectivity index (χ1n) is 8.11. The van der Waals surface area contributed by atoms with Gasteiger partial charge in [0.1, 0.15) is 5.75 Å². The Morgan fingerprint density at radius 3 is 2.54 bits per heavy atom. The van der Waals surface area contributed by atoms with E-state index in [9.17, 15) is 22.8 Å². The van der Waals surface area contributed by atoms with Crippen LogP contribution in [0.15, 0.2) is 18.2 Å². The number of rotatable bonds is 5. The maximum Gasteiger partial charge on any atom is 0.573 e. The topological polar surface area (TPSA) is 143 Å². The second-order valence-electron chi connectivity index (χ2n) is 5.76. The number of nitrogen functional groups attached to an aromatic ring is 1. The molecule has 9 nitrogen and oxygen atoms in total. The van der Waals surface area contributed by atoms with Gasteiger partial charge in [0.15, 0.2) is 0 Å². The number of carboxylic acids is 1. The summed E-state index contributed by atoms with van der Waals surface area (Å²) in [6, 6.07) is 3.00. The molecule has 1 fully saturated rings. The van der Waals surface area contributed by atoms with Crippen LogP contribution in [0.1, 0.15) is 23.7 Å². The van der Waals surface area contributed by atoms with Crippen molar-refractivity contribution < 1.29 is 37.4 Å². The van der Waals surface area contributed by atoms with E-state index in [1.807, 2.05) is 0 Å². The van der Waals surface area contributed by atoms with Crippen LogP contribution in [0.4, 0.5) is 18.9 Å². The minimum atomic E-state index is -4.88. The molecule has 0 aromatic heterocycles. The Bertz CT molecular complexity index is 702. The molecule has 1 aliphatic rings. The smallest absolute Gasteiger partial charge is 0.481 e. The van der Waals surface area contributed by atoms with Crippen molar-refractivity contribution in [3.05, 3.63) is 23.8 Å². The summed E-state index contributed by atoms with van der Waals surface area (Å²) in [5, 5.41) is 15.5. The Kier molecular flexibility index (Phi) is 8.51. The Hall–Kier alpha value is -3.02. The summed E-state index contributed by atoms with van der Waals surface area (Å²) in [5.74, 6) is -2.55. The summed E-state index contributed by atoms with van der Waals surface area (Å²) in [4.78, 5) is 32.7. The number of aliphatic carboxylic acids is 1. The molecule has 28 heavy (non-hydrogen) atoms. The summed E-state index contributed by atoms with van der Waals surface area (Å²) in [5.41, 5.74) is 5.36. The molecule has 2 amide bonds. The van der Waals surface area contributed by atoms with Crippen LogP contribution < -0.4 is 26.4 Å². The van der Waals surface area contributed by atoms with Crippen LogP contribution >= 0.6 is 0 Å². The molecule has 6 N–H and O–H groups in total. The molecule has 0 radical (unpaired) electrons. The number of alkyl halides is 3. The lowest BCUT2D eigenvalue weighted by molar-refractivity contribution is -0.274. The summed E-state index contributed by atoms with van der Waals surface area (Å²) in [6.07, 6.45) is -4.08. The van der Waals surface area contributed by atoms with Crippen molar-refractivity contribution in [1.29, 1.82) is 0 Å². The third-order valence-electron chi connectivity index (χ3n) is 3.34. The van der Waals surface area contributed by atoms with Crippen LogP contribution in [0.25, 0.3) is 0 Å². The van der Waals surface area contributed by atoms with Gasteiger partial charge in [0, 0.05) is 25.2 Å². The number of hydrogen-bond acceptors (Lipinski definition) is 6. The minimum Gasteiger partial charge on any atom is -0.481 e. The molecule has 1 atom stereocenters. The molecule has 1 aromatic carbocycles. The molecule has 1 unspecified atom stereocenters. The van der Waals surface area contributed by atoms with Crippen molar-refractivity contribution in [3.8, 4) is 5.75 Å². The standard InChI is InChI=1S/C14H17F3N4O3.C2H4O2/c15-14(16,17)24-9-1-2-11(18)10(5-9)13(23)20-7-12(22)21-8-3-4-19-6-8;1-2(3)4/h1-2,5,8,19H,3-4,6-7,18H2,(H,20,23)(H,21,22);1H3,(H,3,4). The normalized spacial score (nSPS) is 15.8. The fraction of sp³-hybridized carbons (Fsp3) is 0.438. The highest BCUT2D eigenvalue weighted by Gasteiger charge is 2.31. The van der Waals surface area contributed by atoms with Crippen LogP contribution in [0, 0.1) is 0 Å². The highest BCUT2D eigenvalue weighted by Crippen LogP contribution is 2.26. The highest BCUT2D eigenvalue weighted by molar-refractivity contribution is 6.01. The van der Waals surface area contributed by atoms with Gasteiger partial charge >= 0.3 is 6.36 Å². The Labute approximate surface area is 158 Å². The molecule has 1 aliphatic heterocycles. The van der Waals surface area contributed by atoms with Gasteiger partial charge in [-0.15, -0.1) is 13.2 Å². The van der Waals surface area contributed by atoms with E-state index in [1.165, 1.54) is 0 Å². The predicted octanol–water partition coefficient (Wildman–Crippen LogP) is 0.466. The second-order valence-corrected chi connectivity index (χ2v) is 5.76. The van der Waals surface area contributed by atoms with E-state index in [0.29, 0.717) is 6.54 Å². The lowest BCUT2D eigenvalue weighted by Gasteiger charge is -2.13. The molecule has 0 spiro atoms. The predicted molar refractivity (Wildman–Crippen MR) is 92.6 cm³/mol. The molecule has 2 rings (SSSR count). The third-order valence-corrected chi connectivity index (χ3v) is 3.34. The first-order valence-corrected chi connectivity index (χ1v) is 8.11. The molecule has 1 saturated heterocycles. The van der Waals surface area contributed by atoms with E-state index in [1.54, 1.807) is 0 Å². The number of carbonyl (C=O) groups is 3. The van der Waals surface area contributed by atoms with Crippen molar-refractivity contribution in [3.63, 3.8) is 0 Å². The molecular weight excluding hydrogens is 385 g/mol. The largest absolute Gasteiger partial charge is 0.573 e. The van der Waals surface area contributed by atoms with Gasteiger partial charge < -0.3 is 31.5 Å². The highest BCUT2D eigenvalue weighted by atomic mass is 19.4. The number of ether oxygens (including phenoxy) is 1. The number of carboxylic acid groups (broad SMARTS) is 1. The zero-order valence-corrected chi connectivity index (χ0v) is 14.9. The van der Waals surface area contributed by atoms with Crippen molar-refractivity contribution in [1.82, 2.24) is 16.0 Å². The van der Waals surface area contributed by atoms with Crippen molar-refractivity contribution in [2.24, 2.45) is 0 Å². The fourth-order valence-corrected chi connectivity index (χ4v) is 2.24. The average molecular weight is 406 g/mol. The molecule has 156 valence electrons. The number of hydrogen-bond donors (Lipinski definition) is 5. The number of nitrogens with two attached hydrogens (primary N) is 1. The molecule has 12 heteroatoms. The summed E-state index contributed by atoms with van der Waals surface area (Å²) >= 11 is 0. The first kappa shape index (κ1) is 23.0. The first-order chi connectivity index (χ1) is 13.0. The van der Waals surface area contributed by atoms with Gasteiger partial charge in [0.2, 0.25) is 5.91 Å².